The van der Waals surface area contributed by atoms with Gasteiger partial charge >= 0.3 is 18.4 Å². The van der Waals surface area contributed by atoms with Crippen LogP contribution in [-0.4, -0.2) is 22.8 Å². The molecule has 0 spiro atoms. The molecule has 0 radical (unpaired) electrons. The van der Waals surface area contributed by atoms with Gasteiger partial charge < -0.3 is 9.47 Å². The molecule has 0 saturated carbocycles. The smallest absolute Gasteiger partial charge is 0.423 e. The topological polar surface area (TPSA) is 44.2 Å². The highest BCUT2D eigenvalue weighted by Gasteiger charge is 2.37. The molecule has 0 aliphatic heterocycles. The van der Waals surface area contributed by atoms with Crippen LogP contribution in [0.15, 0.2) is 36.5 Å². The van der Waals surface area contributed by atoms with Crippen molar-refractivity contribution in [3.8, 4) is 11.9 Å². The van der Waals surface area contributed by atoms with Gasteiger partial charge in [-0.15, -0.1) is 0 Å². The first-order valence-electron chi connectivity index (χ1n) is 6.45. The van der Waals surface area contributed by atoms with Gasteiger partial charge in [0.25, 0.3) is 0 Å². The van der Waals surface area contributed by atoms with Crippen LogP contribution < -0.4 is 9.47 Å². The second-order valence-corrected chi connectivity index (χ2v) is 4.55. The second kappa shape index (κ2) is 6.93. The number of halogens is 6. The lowest BCUT2D eigenvalue weighted by Crippen LogP contribution is -2.20. The fraction of sp³-hybridized carbons (Fsp3) is 0.286. The molecule has 0 aliphatic carbocycles. The van der Waals surface area contributed by atoms with E-state index in [9.17, 15) is 26.3 Å². The Labute approximate surface area is 132 Å². The number of nitrogens with zero attached hydrogens (tertiary/aromatic N) is 2. The summed E-state index contributed by atoms with van der Waals surface area (Å²) in [7, 11) is 0. The first-order valence-corrected chi connectivity index (χ1v) is 6.45. The largest absolute Gasteiger partial charge is 0.472 e. The molecule has 2 aromatic rings. The highest BCUT2D eigenvalue weighted by molar-refractivity contribution is 5.28. The summed E-state index contributed by atoms with van der Waals surface area (Å²) >= 11 is 0. The molecule has 1 aromatic carbocycles. The number of benzene rings is 1. The summed E-state index contributed by atoms with van der Waals surface area (Å²) in [5.74, 6) is -0.904. The van der Waals surface area contributed by atoms with Gasteiger partial charge in [-0.3, -0.25) is 0 Å². The van der Waals surface area contributed by atoms with E-state index in [-0.39, 0.29) is 6.61 Å². The van der Waals surface area contributed by atoms with E-state index in [4.69, 9.17) is 4.74 Å². The standard InChI is InChI=1S/C14H10F6N2O2/c15-13(16,17)8-24-12-21-6-10(14(18,19)20)11(22-12)23-7-9-4-2-1-3-5-9/h1-6H,7-8H2. The van der Waals surface area contributed by atoms with Crippen molar-refractivity contribution in [2.24, 2.45) is 0 Å². The molecule has 0 unspecified atom stereocenters. The highest BCUT2D eigenvalue weighted by Crippen LogP contribution is 2.35. The van der Waals surface area contributed by atoms with E-state index in [2.05, 4.69) is 14.7 Å². The number of hydrogen-bond acceptors (Lipinski definition) is 4. The molecule has 1 heterocycles. The molecule has 0 N–H and O–H groups in total. The van der Waals surface area contributed by atoms with Crippen molar-refractivity contribution in [2.45, 2.75) is 19.0 Å². The minimum atomic E-state index is -4.82. The van der Waals surface area contributed by atoms with E-state index in [1.165, 1.54) is 0 Å². The van der Waals surface area contributed by atoms with E-state index in [0.717, 1.165) is 0 Å². The van der Waals surface area contributed by atoms with Crippen LogP contribution in [0, 0.1) is 0 Å². The maximum absolute atomic E-state index is 12.9. The van der Waals surface area contributed by atoms with Gasteiger partial charge in [0.15, 0.2) is 6.61 Å². The minimum absolute atomic E-state index is 0.250. The summed E-state index contributed by atoms with van der Waals surface area (Å²) in [6, 6.07) is 7.37. The molecule has 24 heavy (non-hydrogen) atoms. The summed E-state index contributed by atoms with van der Waals surface area (Å²) in [5.41, 5.74) is -0.750. The molecule has 0 atom stereocenters. The zero-order valence-electron chi connectivity index (χ0n) is 11.9. The lowest BCUT2D eigenvalue weighted by molar-refractivity contribution is -0.155. The molecule has 0 saturated heterocycles. The molecule has 0 bridgehead atoms. The number of ether oxygens (including phenoxy) is 2. The van der Waals surface area contributed by atoms with Crippen LogP contribution in [0.25, 0.3) is 0 Å². The summed E-state index contributed by atoms with van der Waals surface area (Å²) in [6.45, 7) is -1.98. The van der Waals surface area contributed by atoms with Gasteiger partial charge in [0.2, 0.25) is 5.88 Å². The second-order valence-electron chi connectivity index (χ2n) is 4.55. The Morgan fingerprint density at radius 2 is 1.58 bits per heavy atom. The Hall–Kier alpha value is -2.52. The molecule has 1 aromatic heterocycles. The lowest BCUT2D eigenvalue weighted by Gasteiger charge is -2.14. The maximum Gasteiger partial charge on any atom is 0.423 e. The zero-order chi connectivity index (χ0) is 17.8. The SMILES string of the molecule is FC(F)(F)COc1ncc(C(F)(F)F)c(OCc2ccccc2)n1. The van der Waals surface area contributed by atoms with E-state index in [1.54, 1.807) is 30.3 Å². The Morgan fingerprint density at radius 3 is 2.17 bits per heavy atom. The molecule has 130 valence electrons. The average Bonchev–Trinajstić information content (AvgIpc) is 2.50. The van der Waals surface area contributed by atoms with Gasteiger partial charge in [0.1, 0.15) is 12.2 Å². The van der Waals surface area contributed by atoms with Crippen LogP contribution in [0.4, 0.5) is 26.3 Å². The molecule has 2 rings (SSSR count). The van der Waals surface area contributed by atoms with E-state index >= 15 is 0 Å². The monoisotopic (exact) mass is 352 g/mol. The van der Waals surface area contributed by atoms with Gasteiger partial charge in [-0.2, -0.15) is 31.3 Å². The fourth-order valence-corrected chi connectivity index (χ4v) is 1.60. The van der Waals surface area contributed by atoms with Crippen molar-refractivity contribution < 1.29 is 35.8 Å². The zero-order valence-corrected chi connectivity index (χ0v) is 11.9. The van der Waals surface area contributed by atoms with Crippen molar-refractivity contribution >= 4 is 0 Å². The summed E-state index contributed by atoms with van der Waals surface area (Å²) < 4.78 is 84.2. The molecule has 0 amide bonds. The third kappa shape index (κ3) is 5.28. The van der Waals surface area contributed by atoms with Crippen molar-refractivity contribution in [2.75, 3.05) is 6.61 Å². The number of rotatable bonds is 5. The minimum Gasteiger partial charge on any atom is -0.472 e. The van der Waals surface area contributed by atoms with Crippen molar-refractivity contribution in [1.29, 1.82) is 0 Å². The number of alkyl halides is 6. The van der Waals surface area contributed by atoms with Crippen LogP contribution in [0.1, 0.15) is 11.1 Å². The maximum atomic E-state index is 12.9. The Morgan fingerprint density at radius 1 is 0.917 bits per heavy atom. The van der Waals surface area contributed by atoms with E-state index in [0.29, 0.717) is 11.8 Å². The average molecular weight is 352 g/mol. The molecular formula is C14H10F6N2O2. The summed E-state index contributed by atoms with van der Waals surface area (Å²) in [4.78, 5) is 6.41. The Kier molecular flexibility index (Phi) is 5.15. The normalized spacial score (nSPS) is 12.1. The first-order chi connectivity index (χ1) is 11.1. The van der Waals surface area contributed by atoms with Crippen molar-refractivity contribution in [3.63, 3.8) is 0 Å². The van der Waals surface area contributed by atoms with Crippen LogP contribution in [0.2, 0.25) is 0 Å². The summed E-state index contributed by atoms with van der Waals surface area (Å²) in [5, 5.41) is 0. The predicted molar refractivity (Wildman–Crippen MR) is 69.4 cm³/mol. The van der Waals surface area contributed by atoms with Gasteiger partial charge in [0.05, 0.1) is 6.20 Å². The van der Waals surface area contributed by atoms with Gasteiger partial charge in [-0.1, -0.05) is 30.3 Å². The molecule has 0 aliphatic rings. The van der Waals surface area contributed by atoms with E-state index in [1.807, 2.05) is 0 Å². The predicted octanol–water partition coefficient (Wildman–Crippen LogP) is 4.02. The number of hydrogen-bond donors (Lipinski definition) is 0. The van der Waals surface area contributed by atoms with Crippen LogP contribution in [0.5, 0.6) is 11.9 Å². The Balaban J connectivity index is 2.20. The van der Waals surface area contributed by atoms with Crippen LogP contribution in [-0.2, 0) is 12.8 Å². The van der Waals surface area contributed by atoms with Crippen molar-refractivity contribution in [3.05, 3.63) is 47.7 Å². The van der Waals surface area contributed by atoms with E-state index < -0.39 is 36.4 Å². The molecule has 0 fully saturated rings. The van der Waals surface area contributed by atoms with Crippen LogP contribution >= 0.6 is 0 Å². The van der Waals surface area contributed by atoms with Gasteiger partial charge in [-0.05, 0) is 5.56 Å². The molecule has 4 nitrogen and oxygen atoms in total. The van der Waals surface area contributed by atoms with Crippen LogP contribution in [0.3, 0.4) is 0 Å². The van der Waals surface area contributed by atoms with Gasteiger partial charge in [-0.25, -0.2) is 4.98 Å². The summed E-state index contributed by atoms with van der Waals surface area (Å²) in [6.07, 6.45) is -9.18. The van der Waals surface area contributed by atoms with Crippen molar-refractivity contribution in [1.82, 2.24) is 9.97 Å². The third-order valence-electron chi connectivity index (χ3n) is 2.62. The third-order valence-corrected chi connectivity index (χ3v) is 2.62. The molecule has 10 heteroatoms. The Bertz CT molecular complexity index is 673. The highest BCUT2D eigenvalue weighted by atomic mass is 19.4. The lowest BCUT2D eigenvalue weighted by atomic mass is 10.2. The first kappa shape index (κ1) is 17.8. The van der Waals surface area contributed by atoms with Gasteiger partial charge in [0, 0.05) is 0 Å². The quantitative estimate of drug-likeness (QED) is 0.763. The molecular weight excluding hydrogens is 342 g/mol. The number of aromatic nitrogens is 2. The fourth-order valence-electron chi connectivity index (χ4n) is 1.60.